The lowest BCUT2D eigenvalue weighted by atomic mass is 10.2. The first kappa shape index (κ1) is 7.74. The molecule has 3 nitrogen and oxygen atoms in total. The zero-order valence-corrected chi connectivity index (χ0v) is 6.95. The molecule has 0 N–H and O–H groups in total. The molecule has 0 amide bonds. The number of fused-ring (bicyclic) bond motifs is 1. The van der Waals surface area contributed by atoms with E-state index in [9.17, 15) is 4.39 Å². The van der Waals surface area contributed by atoms with Crippen molar-refractivity contribution in [3.63, 3.8) is 0 Å². The molecule has 0 saturated heterocycles. The molecule has 0 fully saturated rings. The van der Waals surface area contributed by atoms with E-state index in [4.69, 9.17) is 5.26 Å². The molecule has 0 aliphatic carbocycles. The maximum atomic E-state index is 13.1. The molecule has 4 heteroatoms. The molecule has 13 heavy (non-hydrogen) atoms. The van der Waals surface area contributed by atoms with Crippen LogP contribution in [-0.4, -0.2) is 9.55 Å². The maximum absolute atomic E-state index is 13.1. The molecule has 1 aromatic carbocycles. The molecule has 0 bridgehead atoms. The number of imidazole rings is 1. The lowest BCUT2D eigenvalue weighted by Crippen LogP contribution is -1.87. The van der Waals surface area contributed by atoms with Gasteiger partial charge in [-0.25, -0.2) is 9.37 Å². The van der Waals surface area contributed by atoms with E-state index >= 15 is 0 Å². The van der Waals surface area contributed by atoms with Crippen LogP contribution in [0.25, 0.3) is 11.0 Å². The molecule has 0 unspecified atom stereocenters. The Labute approximate surface area is 74.0 Å². The van der Waals surface area contributed by atoms with Gasteiger partial charge < -0.3 is 4.57 Å². The van der Waals surface area contributed by atoms with E-state index in [1.165, 1.54) is 12.1 Å². The summed E-state index contributed by atoms with van der Waals surface area (Å²) in [5, 5.41) is 8.59. The average Bonchev–Trinajstić information content (AvgIpc) is 2.46. The van der Waals surface area contributed by atoms with Gasteiger partial charge in [0.05, 0.1) is 22.9 Å². The van der Waals surface area contributed by atoms with Crippen molar-refractivity contribution in [3.05, 3.63) is 29.8 Å². The van der Waals surface area contributed by atoms with Crippen LogP contribution in [0.2, 0.25) is 0 Å². The van der Waals surface area contributed by atoms with Crippen LogP contribution < -0.4 is 0 Å². The van der Waals surface area contributed by atoms with Crippen molar-refractivity contribution >= 4 is 11.0 Å². The molecule has 0 spiro atoms. The van der Waals surface area contributed by atoms with Crippen LogP contribution >= 0.6 is 0 Å². The largest absolute Gasteiger partial charge is 0.334 e. The van der Waals surface area contributed by atoms with Gasteiger partial charge in [-0.05, 0) is 6.07 Å². The van der Waals surface area contributed by atoms with Crippen molar-refractivity contribution in [2.45, 2.75) is 0 Å². The van der Waals surface area contributed by atoms with Gasteiger partial charge in [0.1, 0.15) is 11.9 Å². The van der Waals surface area contributed by atoms with E-state index in [1.807, 2.05) is 0 Å². The van der Waals surface area contributed by atoms with Gasteiger partial charge in [-0.2, -0.15) is 5.26 Å². The standard InChI is InChI=1S/C9H6FN3/c1-13-5-12-8-3-7(10)6(4-11)2-9(8)13/h2-3,5H,1H3. The second-order valence-electron chi connectivity index (χ2n) is 2.79. The number of nitrogens with zero attached hydrogens (tertiary/aromatic N) is 3. The number of halogens is 1. The monoisotopic (exact) mass is 175 g/mol. The van der Waals surface area contributed by atoms with Gasteiger partial charge in [0.25, 0.3) is 0 Å². The van der Waals surface area contributed by atoms with Crippen molar-refractivity contribution in [2.75, 3.05) is 0 Å². The molecule has 64 valence electrons. The predicted molar refractivity (Wildman–Crippen MR) is 45.4 cm³/mol. The van der Waals surface area contributed by atoms with Crippen LogP contribution in [0.15, 0.2) is 18.5 Å². The van der Waals surface area contributed by atoms with E-state index in [0.717, 1.165) is 5.52 Å². The van der Waals surface area contributed by atoms with Gasteiger partial charge in [-0.1, -0.05) is 0 Å². The normalized spacial score (nSPS) is 10.2. The first-order chi connectivity index (χ1) is 6.22. The third-order valence-electron chi connectivity index (χ3n) is 1.93. The van der Waals surface area contributed by atoms with Crippen molar-refractivity contribution in [2.24, 2.45) is 7.05 Å². The van der Waals surface area contributed by atoms with Crippen LogP contribution in [0.1, 0.15) is 5.56 Å². The highest BCUT2D eigenvalue weighted by Crippen LogP contribution is 2.16. The summed E-state index contributed by atoms with van der Waals surface area (Å²) >= 11 is 0. The first-order valence-electron chi connectivity index (χ1n) is 3.73. The van der Waals surface area contributed by atoms with E-state index in [1.54, 1.807) is 24.0 Å². The fourth-order valence-corrected chi connectivity index (χ4v) is 1.23. The molecule has 1 heterocycles. The molecular formula is C9H6FN3. The highest BCUT2D eigenvalue weighted by molar-refractivity contribution is 5.77. The second kappa shape index (κ2) is 2.56. The number of benzene rings is 1. The topological polar surface area (TPSA) is 41.6 Å². The third-order valence-corrected chi connectivity index (χ3v) is 1.93. The molecule has 0 atom stereocenters. The van der Waals surface area contributed by atoms with E-state index < -0.39 is 5.82 Å². The number of aryl methyl sites for hydroxylation is 1. The van der Waals surface area contributed by atoms with Crippen molar-refractivity contribution in [1.29, 1.82) is 5.26 Å². The quantitative estimate of drug-likeness (QED) is 0.610. The van der Waals surface area contributed by atoms with Crippen molar-refractivity contribution in [3.8, 4) is 6.07 Å². The van der Waals surface area contributed by atoms with Gasteiger partial charge in [-0.3, -0.25) is 0 Å². The summed E-state index contributed by atoms with van der Waals surface area (Å²) in [5.74, 6) is -0.520. The predicted octanol–water partition coefficient (Wildman–Crippen LogP) is 1.58. The van der Waals surface area contributed by atoms with Gasteiger partial charge in [0.2, 0.25) is 0 Å². The molecule has 0 radical (unpaired) electrons. The summed E-state index contributed by atoms with van der Waals surface area (Å²) in [6.07, 6.45) is 1.59. The minimum absolute atomic E-state index is 0.0519. The number of aromatic nitrogens is 2. The lowest BCUT2D eigenvalue weighted by molar-refractivity contribution is 0.625. The second-order valence-corrected chi connectivity index (χ2v) is 2.79. The van der Waals surface area contributed by atoms with Gasteiger partial charge in [0.15, 0.2) is 0 Å². The van der Waals surface area contributed by atoms with Crippen LogP contribution in [0.5, 0.6) is 0 Å². The van der Waals surface area contributed by atoms with E-state index in [2.05, 4.69) is 4.98 Å². The fourth-order valence-electron chi connectivity index (χ4n) is 1.23. The maximum Gasteiger partial charge on any atom is 0.143 e. The summed E-state index contributed by atoms with van der Waals surface area (Å²) in [6.45, 7) is 0. The fraction of sp³-hybridized carbons (Fsp3) is 0.111. The summed E-state index contributed by atoms with van der Waals surface area (Å²) in [5.41, 5.74) is 1.38. The number of hydrogen-bond acceptors (Lipinski definition) is 2. The molecule has 0 aliphatic rings. The highest BCUT2D eigenvalue weighted by atomic mass is 19.1. The third kappa shape index (κ3) is 1.05. The van der Waals surface area contributed by atoms with Gasteiger partial charge in [0, 0.05) is 13.1 Å². The molecule has 0 aliphatic heterocycles. The van der Waals surface area contributed by atoms with Crippen LogP contribution in [0.4, 0.5) is 4.39 Å². The number of rotatable bonds is 0. The van der Waals surface area contributed by atoms with Crippen molar-refractivity contribution < 1.29 is 4.39 Å². The molecule has 1 aromatic heterocycles. The van der Waals surface area contributed by atoms with Crippen LogP contribution in [-0.2, 0) is 7.05 Å². The molecule has 0 saturated carbocycles. The minimum Gasteiger partial charge on any atom is -0.334 e. The number of nitriles is 1. The van der Waals surface area contributed by atoms with Crippen LogP contribution in [0.3, 0.4) is 0 Å². The Morgan fingerprint density at radius 3 is 3.00 bits per heavy atom. The zero-order valence-electron chi connectivity index (χ0n) is 6.95. The Bertz CT molecular complexity index is 507. The number of hydrogen-bond donors (Lipinski definition) is 0. The van der Waals surface area contributed by atoms with E-state index in [-0.39, 0.29) is 5.56 Å². The minimum atomic E-state index is -0.520. The Kier molecular flexibility index (Phi) is 1.52. The average molecular weight is 175 g/mol. The van der Waals surface area contributed by atoms with Gasteiger partial charge >= 0.3 is 0 Å². The zero-order chi connectivity index (χ0) is 9.42. The molecular weight excluding hydrogens is 169 g/mol. The summed E-state index contributed by atoms with van der Waals surface area (Å²) in [6, 6.07) is 4.56. The Morgan fingerprint density at radius 1 is 1.54 bits per heavy atom. The van der Waals surface area contributed by atoms with E-state index in [0.29, 0.717) is 5.52 Å². The Hall–Kier alpha value is -1.89. The van der Waals surface area contributed by atoms with Crippen molar-refractivity contribution in [1.82, 2.24) is 9.55 Å². The van der Waals surface area contributed by atoms with Crippen LogP contribution in [0, 0.1) is 17.1 Å². The lowest BCUT2D eigenvalue weighted by Gasteiger charge is -1.95. The smallest absolute Gasteiger partial charge is 0.143 e. The molecule has 2 rings (SSSR count). The molecule has 2 aromatic rings. The summed E-state index contributed by atoms with van der Waals surface area (Å²) in [4.78, 5) is 3.97. The Balaban J connectivity index is 2.86. The Morgan fingerprint density at radius 2 is 2.31 bits per heavy atom. The SMILES string of the molecule is Cn1cnc2cc(F)c(C#N)cc21. The summed E-state index contributed by atoms with van der Waals surface area (Å²) in [7, 11) is 1.80. The first-order valence-corrected chi connectivity index (χ1v) is 3.73. The van der Waals surface area contributed by atoms with Gasteiger partial charge in [-0.15, -0.1) is 0 Å². The summed E-state index contributed by atoms with van der Waals surface area (Å²) < 4.78 is 14.8. The highest BCUT2D eigenvalue weighted by Gasteiger charge is 2.06.